The van der Waals surface area contributed by atoms with Crippen LogP contribution in [0.5, 0.6) is 0 Å². The third-order valence-electron chi connectivity index (χ3n) is 4.08. The first-order chi connectivity index (χ1) is 10.7. The maximum absolute atomic E-state index is 5.35. The lowest BCUT2D eigenvalue weighted by Gasteiger charge is -2.37. The molecule has 0 radical (unpaired) electrons. The highest BCUT2D eigenvalue weighted by molar-refractivity contribution is 14.0. The van der Waals surface area contributed by atoms with Gasteiger partial charge in [0.15, 0.2) is 5.96 Å². The van der Waals surface area contributed by atoms with E-state index in [-0.39, 0.29) is 24.0 Å². The average Bonchev–Trinajstić information content (AvgIpc) is 2.56. The van der Waals surface area contributed by atoms with Crippen molar-refractivity contribution >= 4 is 29.9 Å². The molecule has 1 saturated heterocycles. The summed E-state index contributed by atoms with van der Waals surface area (Å²) in [5.41, 5.74) is 0. The molecule has 0 aromatic carbocycles. The van der Waals surface area contributed by atoms with E-state index >= 15 is 0 Å². The molecule has 0 spiro atoms. The zero-order valence-electron chi connectivity index (χ0n) is 15.3. The number of ether oxygens (including phenoxy) is 1. The summed E-state index contributed by atoms with van der Waals surface area (Å²) in [5.74, 6) is 0.890. The summed E-state index contributed by atoms with van der Waals surface area (Å²) in [6, 6.07) is 0.487. The lowest BCUT2D eigenvalue weighted by molar-refractivity contribution is 0.109. The van der Waals surface area contributed by atoms with E-state index < -0.39 is 0 Å². The van der Waals surface area contributed by atoms with Crippen molar-refractivity contribution in [3.63, 3.8) is 0 Å². The summed E-state index contributed by atoms with van der Waals surface area (Å²) in [6.45, 7) is 18.4. The maximum atomic E-state index is 5.35. The summed E-state index contributed by atoms with van der Waals surface area (Å²) in [7, 11) is 0. The molecule has 1 heterocycles. The van der Waals surface area contributed by atoms with E-state index in [1.807, 2.05) is 6.92 Å². The second-order valence-corrected chi connectivity index (χ2v) is 5.66. The van der Waals surface area contributed by atoms with Gasteiger partial charge in [-0.3, -0.25) is 9.89 Å². The van der Waals surface area contributed by atoms with E-state index in [0.29, 0.717) is 6.04 Å². The van der Waals surface area contributed by atoms with Gasteiger partial charge >= 0.3 is 0 Å². The highest BCUT2D eigenvalue weighted by Crippen LogP contribution is 2.06. The molecule has 0 aromatic rings. The second-order valence-electron chi connectivity index (χ2n) is 5.66. The van der Waals surface area contributed by atoms with Gasteiger partial charge in [-0.05, 0) is 27.3 Å². The Kier molecular flexibility index (Phi) is 14.2. The first-order valence-corrected chi connectivity index (χ1v) is 8.77. The van der Waals surface area contributed by atoms with E-state index in [1.165, 1.54) is 13.1 Å². The molecule has 1 rings (SSSR count). The Balaban J connectivity index is 0.00000484. The van der Waals surface area contributed by atoms with Crippen LogP contribution in [0.1, 0.15) is 27.7 Å². The molecule has 6 nitrogen and oxygen atoms in total. The van der Waals surface area contributed by atoms with Crippen molar-refractivity contribution in [3.8, 4) is 0 Å². The SMILES string of the molecule is CCNC(=NCC(C)N1CCN(CC)CC1)NCCOCC.I. The zero-order valence-corrected chi connectivity index (χ0v) is 17.6. The minimum Gasteiger partial charge on any atom is -0.380 e. The summed E-state index contributed by atoms with van der Waals surface area (Å²) >= 11 is 0. The summed E-state index contributed by atoms with van der Waals surface area (Å²) in [6.07, 6.45) is 0. The predicted molar refractivity (Wildman–Crippen MR) is 109 cm³/mol. The van der Waals surface area contributed by atoms with E-state index in [4.69, 9.17) is 9.73 Å². The zero-order chi connectivity index (χ0) is 16.2. The van der Waals surface area contributed by atoms with E-state index in [0.717, 1.165) is 58.4 Å². The fourth-order valence-electron chi connectivity index (χ4n) is 2.59. The van der Waals surface area contributed by atoms with Crippen LogP contribution >= 0.6 is 24.0 Å². The number of rotatable bonds is 9. The third-order valence-corrected chi connectivity index (χ3v) is 4.08. The number of hydrogen-bond donors (Lipinski definition) is 2. The van der Waals surface area contributed by atoms with Crippen LogP contribution in [0.3, 0.4) is 0 Å². The molecule has 138 valence electrons. The van der Waals surface area contributed by atoms with Crippen molar-refractivity contribution in [1.29, 1.82) is 0 Å². The van der Waals surface area contributed by atoms with Gasteiger partial charge in [0.1, 0.15) is 0 Å². The van der Waals surface area contributed by atoms with Gasteiger partial charge in [0.25, 0.3) is 0 Å². The van der Waals surface area contributed by atoms with Gasteiger partial charge in [-0.15, -0.1) is 24.0 Å². The monoisotopic (exact) mass is 441 g/mol. The molecule has 1 aliphatic rings. The standard InChI is InChI=1S/C16H35N5O.HI/c1-5-17-16(18-8-13-22-7-3)19-14-15(4)21-11-9-20(6-2)10-12-21;/h15H,5-14H2,1-4H3,(H2,17,18,19);1H. The number of aliphatic imine (C=N–C) groups is 1. The topological polar surface area (TPSA) is 52.1 Å². The molecule has 0 amide bonds. The van der Waals surface area contributed by atoms with Crippen LogP contribution in [0.25, 0.3) is 0 Å². The Hall–Kier alpha value is -0.120. The molecule has 1 unspecified atom stereocenters. The quantitative estimate of drug-likeness (QED) is 0.244. The number of hydrogen-bond acceptors (Lipinski definition) is 4. The molecule has 1 fully saturated rings. The van der Waals surface area contributed by atoms with Gasteiger partial charge in [0.2, 0.25) is 0 Å². The first kappa shape index (κ1) is 22.9. The van der Waals surface area contributed by atoms with Gasteiger partial charge in [0, 0.05) is 51.9 Å². The lowest BCUT2D eigenvalue weighted by atomic mass is 10.2. The van der Waals surface area contributed by atoms with Crippen LogP contribution in [-0.2, 0) is 4.74 Å². The van der Waals surface area contributed by atoms with Crippen molar-refractivity contribution in [2.24, 2.45) is 4.99 Å². The highest BCUT2D eigenvalue weighted by Gasteiger charge is 2.19. The molecule has 23 heavy (non-hydrogen) atoms. The second kappa shape index (κ2) is 14.2. The van der Waals surface area contributed by atoms with E-state index in [1.54, 1.807) is 0 Å². The molecule has 0 aromatic heterocycles. The predicted octanol–water partition coefficient (Wildman–Crippen LogP) is 1.22. The lowest BCUT2D eigenvalue weighted by Crippen LogP contribution is -2.50. The number of nitrogens with one attached hydrogen (secondary N) is 2. The first-order valence-electron chi connectivity index (χ1n) is 8.77. The Morgan fingerprint density at radius 3 is 2.39 bits per heavy atom. The molecule has 2 N–H and O–H groups in total. The van der Waals surface area contributed by atoms with Crippen molar-refractivity contribution in [2.45, 2.75) is 33.7 Å². The summed E-state index contributed by atoms with van der Waals surface area (Å²) in [4.78, 5) is 9.76. The smallest absolute Gasteiger partial charge is 0.191 e. The highest BCUT2D eigenvalue weighted by atomic mass is 127. The normalized spacial score (nSPS) is 18.3. The largest absolute Gasteiger partial charge is 0.380 e. The number of likely N-dealkylation sites (N-methyl/N-ethyl adjacent to an activating group) is 1. The Morgan fingerprint density at radius 1 is 1.13 bits per heavy atom. The molecular formula is C16H36IN5O. The van der Waals surface area contributed by atoms with Crippen molar-refractivity contribution < 1.29 is 4.74 Å². The summed E-state index contributed by atoms with van der Waals surface area (Å²) in [5, 5.41) is 6.61. The van der Waals surface area contributed by atoms with Crippen LogP contribution < -0.4 is 10.6 Å². The fourth-order valence-corrected chi connectivity index (χ4v) is 2.59. The van der Waals surface area contributed by atoms with Crippen LogP contribution in [-0.4, -0.2) is 87.4 Å². The average molecular weight is 441 g/mol. The Labute approximate surface area is 159 Å². The van der Waals surface area contributed by atoms with Crippen LogP contribution in [0.15, 0.2) is 4.99 Å². The molecule has 1 atom stereocenters. The molecule has 1 aliphatic heterocycles. The van der Waals surface area contributed by atoms with Crippen LogP contribution in [0.2, 0.25) is 0 Å². The van der Waals surface area contributed by atoms with Crippen molar-refractivity contribution in [3.05, 3.63) is 0 Å². The van der Waals surface area contributed by atoms with Gasteiger partial charge in [-0.25, -0.2) is 0 Å². The van der Waals surface area contributed by atoms with Crippen LogP contribution in [0.4, 0.5) is 0 Å². The molecule has 0 aliphatic carbocycles. The number of nitrogens with zero attached hydrogens (tertiary/aromatic N) is 3. The van der Waals surface area contributed by atoms with Crippen molar-refractivity contribution in [2.75, 3.05) is 65.6 Å². The Bertz CT molecular complexity index is 309. The van der Waals surface area contributed by atoms with Crippen molar-refractivity contribution in [1.82, 2.24) is 20.4 Å². The van der Waals surface area contributed by atoms with Gasteiger partial charge in [-0.2, -0.15) is 0 Å². The minimum atomic E-state index is 0. The summed E-state index contributed by atoms with van der Waals surface area (Å²) < 4.78 is 5.35. The van der Waals surface area contributed by atoms with E-state index in [9.17, 15) is 0 Å². The molecule has 0 bridgehead atoms. The minimum absolute atomic E-state index is 0. The van der Waals surface area contributed by atoms with Gasteiger partial charge < -0.3 is 20.3 Å². The third kappa shape index (κ3) is 9.69. The van der Waals surface area contributed by atoms with Gasteiger partial charge in [0.05, 0.1) is 13.2 Å². The maximum Gasteiger partial charge on any atom is 0.191 e. The number of guanidine groups is 1. The van der Waals surface area contributed by atoms with Crippen LogP contribution in [0, 0.1) is 0 Å². The Morgan fingerprint density at radius 2 is 1.83 bits per heavy atom. The van der Waals surface area contributed by atoms with Gasteiger partial charge in [-0.1, -0.05) is 6.92 Å². The molecular weight excluding hydrogens is 405 g/mol. The number of piperazine rings is 1. The molecule has 7 heteroatoms. The molecule has 0 saturated carbocycles. The van der Waals surface area contributed by atoms with E-state index in [2.05, 4.69) is 41.2 Å². The fraction of sp³-hybridized carbons (Fsp3) is 0.938. The number of halogens is 1.